The average molecular weight is 398 g/mol. The van der Waals surface area contributed by atoms with E-state index in [0.717, 1.165) is 11.3 Å². The van der Waals surface area contributed by atoms with Crippen molar-refractivity contribution in [3.05, 3.63) is 65.7 Å². The van der Waals surface area contributed by atoms with E-state index in [9.17, 15) is 9.59 Å². The molecule has 29 heavy (non-hydrogen) atoms. The molecule has 6 nitrogen and oxygen atoms in total. The predicted molar refractivity (Wildman–Crippen MR) is 115 cm³/mol. The van der Waals surface area contributed by atoms with E-state index in [2.05, 4.69) is 16.0 Å². The summed E-state index contributed by atoms with van der Waals surface area (Å²) in [5.74, 6) is 0.818. The van der Waals surface area contributed by atoms with Gasteiger partial charge in [-0.15, -0.1) is 0 Å². The Morgan fingerprint density at radius 3 is 2.31 bits per heavy atom. The molecule has 2 rings (SSSR count). The fourth-order valence-electron chi connectivity index (χ4n) is 2.78. The van der Waals surface area contributed by atoms with Crippen molar-refractivity contribution in [2.24, 2.45) is 5.92 Å². The third kappa shape index (κ3) is 8.68. The van der Waals surface area contributed by atoms with Crippen LogP contribution in [0, 0.1) is 12.8 Å². The lowest BCUT2D eigenvalue weighted by atomic mass is 10.0. The number of nitrogens with one attached hydrogen (secondary N) is 3. The standard InChI is InChI=1S/C23H31N3O3/c1-17(2)15-21(22(27)24-13-14-29-20-7-5-4-6-8-20)26-23(28)25-16-19-11-9-18(3)10-12-19/h4-12,17,21H,13-16H2,1-3H3,(H,24,27)(H2,25,26,28). The van der Waals surface area contributed by atoms with Crippen LogP contribution in [0.1, 0.15) is 31.4 Å². The van der Waals surface area contributed by atoms with Crippen molar-refractivity contribution in [3.8, 4) is 5.75 Å². The molecule has 0 saturated carbocycles. The van der Waals surface area contributed by atoms with Crippen LogP contribution in [-0.2, 0) is 11.3 Å². The van der Waals surface area contributed by atoms with Gasteiger partial charge in [-0.3, -0.25) is 4.79 Å². The van der Waals surface area contributed by atoms with Gasteiger partial charge in [0.05, 0.1) is 6.54 Å². The summed E-state index contributed by atoms with van der Waals surface area (Å²) < 4.78 is 5.58. The van der Waals surface area contributed by atoms with Crippen LogP contribution in [0.25, 0.3) is 0 Å². The molecule has 0 aliphatic heterocycles. The van der Waals surface area contributed by atoms with Gasteiger partial charge in [-0.2, -0.15) is 0 Å². The van der Waals surface area contributed by atoms with Crippen molar-refractivity contribution >= 4 is 11.9 Å². The predicted octanol–water partition coefficient (Wildman–Crippen LogP) is 3.40. The largest absolute Gasteiger partial charge is 0.492 e. The lowest BCUT2D eigenvalue weighted by Crippen LogP contribution is -2.51. The van der Waals surface area contributed by atoms with Crippen LogP contribution in [0.2, 0.25) is 0 Å². The summed E-state index contributed by atoms with van der Waals surface area (Å²) in [6.45, 7) is 7.20. The van der Waals surface area contributed by atoms with Gasteiger partial charge in [-0.05, 0) is 37.0 Å². The van der Waals surface area contributed by atoms with E-state index >= 15 is 0 Å². The minimum Gasteiger partial charge on any atom is -0.492 e. The summed E-state index contributed by atoms with van der Waals surface area (Å²) in [4.78, 5) is 24.8. The maximum Gasteiger partial charge on any atom is 0.315 e. The molecule has 6 heteroatoms. The molecule has 3 N–H and O–H groups in total. The highest BCUT2D eigenvalue weighted by Gasteiger charge is 2.21. The highest BCUT2D eigenvalue weighted by atomic mass is 16.5. The Morgan fingerprint density at radius 1 is 0.966 bits per heavy atom. The first-order chi connectivity index (χ1) is 13.9. The normalized spacial score (nSPS) is 11.6. The third-order valence-corrected chi connectivity index (χ3v) is 4.32. The van der Waals surface area contributed by atoms with Crippen LogP contribution in [-0.4, -0.2) is 31.1 Å². The van der Waals surface area contributed by atoms with Gasteiger partial charge < -0.3 is 20.7 Å². The fourth-order valence-corrected chi connectivity index (χ4v) is 2.78. The zero-order valence-corrected chi connectivity index (χ0v) is 17.4. The minimum absolute atomic E-state index is 0.208. The Bertz CT molecular complexity index is 761. The van der Waals surface area contributed by atoms with Gasteiger partial charge in [0, 0.05) is 6.54 Å². The summed E-state index contributed by atoms with van der Waals surface area (Å²) in [6.07, 6.45) is 0.559. The van der Waals surface area contributed by atoms with Gasteiger partial charge in [0.2, 0.25) is 5.91 Å². The molecule has 0 aliphatic rings. The lowest BCUT2D eigenvalue weighted by Gasteiger charge is -2.20. The Morgan fingerprint density at radius 2 is 1.66 bits per heavy atom. The number of para-hydroxylation sites is 1. The molecule has 0 radical (unpaired) electrons. The van der Waals surface area contributed by atoms with E-state index in [4.69, 9.17) is 4.74 Å². The van der Waals surface area contributed by atoms with Gasteiger partial charge in [0.15, 0.2) is 0 Å². The molecule has 3 amide bonds. The molecule has 0 spiro atoms. The van der Waals surface area contributed by atoms with E-state index in [-0.39, 0.29) is 17.9 Å². The second-order valence-corrected chi connectivity index (χ2v) is 7.45. The molecule has 156 valence electrons. The van der Waals surface area contributed by atoms with Gasteiger partial charge in [0.1, 0.15) is 18.4 Å². The van der Waals surface area contributed by atoms with Gasteiger partial charge >= 0.3 is 6.03 Å². The maximum absolute atomic E-state index is 12.5. The van der Waals surface area contributed by atoms with Crippen LogP contribution in [0.5, 0.6) is 5.75 Å². The van der Waals surface area contributed by atoms with E-state index in [1.807, 2.05) is 75.4 Å². The summed E-state index contributed by atoms with van der Waals surface area (Å²) in [5.41, 5.74) is 2.18. The van der Waals surface area contributed by atoms with Crippen molar-refractivity contribution in [3.63, 3.8) is 0 Å². The SMILES string of the molecule is Cc1ccc(CNC(=O)NC(CC(C)C)C(=O)NCCOc2ccccc2)cc1. The third-order valence-electron chi connectivity index (χ3n) is 4.32. The van der Waals surface area contributed by atoms with Gasteiger partial charge in [-0.1, -0.05) is 61.9 Å². The van der Waals surface area contributed by atoms with Crippen LogP contribution in [0.4, 0.5) is 4.79 Å². The van der Waals surface area contributed by atoms with Crippen molar-refractivity contribution in [1.82, 2.24) is 16.0 Å². The Kier molecular flexibility index (Phi) is 9.02. The van der Waals surface area contributed by atoms with E-state index in [1.165, 1.54) is 5.56 Å². The van der Waals surface area contributed by atoms with E-state index in [0.29, 0.717) is 26.1 Å². The summed E-state index contributed by atoms with van der Waals surface area (Å²) in [6, 6.07) is 16.4. The van der Waals surface area contributed by atoms with Crippen molar-refractivity contribution in [1.29, 1.82) is 0 Å². The number of hydrogen-bond donors (Lipinski definition) is 3. The number of urea groups is 1. The first-order valence-electron chi connectivity index (χ1n) is 9.99. The van der Waals surface area contributed by atoms with Gasteiger partial charge in [0.25, 0.3) is 0 Å². The number of amides is 3. The maximum atomic E-state index is 12.5. The van der Waals surface area contributed by atoms with Crippen LogP contribution >= 0.6 is 0 Å². The highest BCUT2D eigenvalue weighted by molar-refractivity contribution is 5.87. The summed E-state index contributed by atoms with van der Waals surface area (Å²) in [5, 5.41) is 8.43. The molecule has 1 atom stereocenters. The smallest absolute Gasteiger partial charge is 0.315 e. The number of rotatable bonds is 10. The molecule has 0 aliphatic carbocycles. The lowest BCUT2D eigenvalue weighted by molar-refractivity contribution is -0.123. The average Bonchev–Trinajstić information content (AvgIpc) is 2.70. The van der Waals surface area contributed by atoms with Gasteiger partial charge in [-0.25, -0.2) is 4.79 Å². The number of hydrogen-bond acceptors (Lipinski definition) is 3. The second-order valence-electron chi connectivity index (χ2n) is 7.45. The number of ether oxygens (including phenoxy) is 1. The molecule has 2 aromatic rings. The topological polar surface area (TPSA) is 79.5 Å². The highest BCUT2D eigenvalue weighted by Crippen LogP contribution is 2.08. The van der Waals surface area contributed by atoms with Crippen molar-refractivity contribution < 1.29 is 14.3 Å². The Hall–Kier alpha value is -3.02. The van der Waals surface area contributed by atoms with Crippen LogP contribution in [0.3, 0.4) is 0 Å². The molecular formula is C23H31N3O3. The zero-order valence-electron chi connectivity index (χ0n) is 17.4. The van der Waals surface area contributed by atoms with Crippen LogP contribution in [0.15, 0.2) is 54.6 Å². The quantitative estimate of drug-likeness (QED) is 0.538. The molecule has 0 saturated heterocycles. The molecule has 1 unspecified atom stereocenters. The molecule has 0 bridgehead atoms. The first-order valence-corrected chi connectivity index (χ1v) is 9.99. The summed E-state index contributed by atoms with van der Waals surface area (Å²) >= 11 is 0. The van der Waals surface area contributed by atoms with E-state index in [1.54, 1.807) is 0 Å². The minimum atomic E-state index is -0.593. The number of carbonyl (C=O) groups is 2. The van der Waals surface area contributed by atoms with Crippen LogP contribution < -0.4 is 20.7 Å². The van der Waals surface area contributed by atoms with Crippen molar-refractivity contribution in [2.45, 2.75) is 39.8 Å². The number of carbonyl (C=O) groups excluding carboxylic acids is 2. The Balaban J connectivity index is 1.77. The summed E-state index contributed by atoms with van der Waals surface area (Å²) in [7, 11) is 0. The Labute approximate surface area is 173 Å². The molecule has 0 heterocycles. The molecule has 0 fully saturated rings. The first kappa shape index (κ1) is 22.3. The number of benzene rings is 2. The molecule has 0 aromatic heterocycles. The van der Waals surface area contributed by atoms with Crippen molar-refractivity contribution in [2.75, 3.05) is 13.2 Å². The zero-order chi connectivity index (χ0) is 21.1. The molecule has 2 aromatic carbocycles. The fraction of sp³-hybridized carbons (Fsp3) is 0.391. The molecular weight excluding hydrogens is 366 g/mol. The number of aryl methyl sites for hydroxylation is 1. The monoisotopic (exact) mass is 397 g/mol. The van der Waals surface area contributed by atoms with E-state index < -0.39 is 6.04 Å². The second kappa shape index (κ2) is 11.7.